The van der Waals surface area contributed by atoms with E-state index in [4.69, 9.17) is 11.5 Å². The molecule has 1 saturated heterocycles. The molecule has 2 aliphatic rings. The van der Waals surface area contributed by atoms with Gasteiger partial charge in [-0.1, -0.05) is 13.3 Å². The molecule has 0 spiro atoms. The summed E-state index contributed by atoms with van der Waals surface area (Å²) in [5, 5.41) is 0. The van der Waals surface area contributed by atoms with Crippen molar-refractivity contribution in [3.63, 3.8) is 0 Å². The summed E-state index contributed by atoms with van der Waals surface area (Å²) >= 11 is 0. The Morgan fingerprint density at radius 3 is 2.59 bits per heavy atom. The minimum absolute atomic E-state index is 0.319. The standard InChI is InChI=1S/C13H25N3O/c1-2-11-5-3-4-8-16(11)9-13(15,12(14)17)10-6-7-10/h10-11H,2-9,15H2,1H3,(H2,14,17). The smallest absolute Gasteiger partial charge is 0.239 e. The molecule has 1 saturated carbocycles. The van der Waals surface area contributed by atoms with Gasteiger partial charge in [0.15, 0.2) is 0 Å². The molecule has 1 aliphatic heterocycles. The van der Waals surface area contributed by atoms with E-state index in [0.29, 0.717) is 18.5 Å². The van der Waals surface area contributed by atoms with Crippen LogP contribution in [0.3, 0.4) is 0 Å². The van der Waals surface area contributed by atoms with Crippen LogP contribution in [0.1, 0.15) is 45.4 Å². The molecule has 0 aromatic carbocycles. The van der Waals surface area contributed by atoms with Crippen LogP contribution >= 0.6 is 0 Å². The van der Waals surface area contributed by atoms with E-state index in [1.54, 1.807) is 0 Å². The zero-order valence-corrected chi connectivity index (χ0v) is 10.8. The second-order valence-electron chi connectivity index (χ2n) is 5.71. The van der Waals surface area contributed by atoms with Gasteiger partial charge in [-0.3, -0.25) is 9.69 Å². The predicted octanol–water partition coefficient (Wildman–Crippen LogP) is 0.844. The van der Waals surface area contributed by atoms with E-state index in [1.807, 2.05) is 0 Å². The molecule has 0 radical (unpaired) electrons. The highest BCUT2D eigenvalue weighted by Gasteiger charge is 2.48. The number of amides is 1. The number of rotatable bonds is 5. The average molecular weight is 239 g/mol. The van der Waals surface area contributed by atoms with Gasteiger partial charge in [-0.05, 0) is 44.6 Å². The molecule has 4 N–H and O–H groups in total. The highest BCUT2D eigenvalue weighted by molar-refractivity contribution is 5.85. The third kappa shape index (κ3) is 2.63. The monoisotopic (exact) mass is 239 g/mol. The van der Waals surface area contributed by atoms with Crippen LogP contribution in [-0.4, -0.2) is 35.5 Å². The summed E-state index contributed by atoms with van der Waals surface area (Å²) in [5.41, 5.74) is 11.0. The number of nitrogens with two attached hydrogens (primary N) is 2. The van der Waals surface area contributed by atoms with Crippen molar-refractivity contribution in [2.45, 2.75) is 57.0 Å². The van der Waals surface area contributed by atoms with Gasteiger partial charge in [-0.25, -0.2) is 0 Å². The van der Waals surface area contributed by atoms with Crippen molar-refractivity contribution in [3.8, 4) is 0 Å². The van der Waals surface area contributed by atoms with Gasteiger partial charge in [0, 0.05) is 12.6 Å². The van der Waals surface area contributed by atoms with E-state index in [-0.39, 0.29) is 5.91 Å². The third-order valence-corrected chi connectivity index (χ3v) is 4.45. The van der Waals surface area contributed by atoms with Gasteiger partial charge >= 0.3 is 0 Å². The fraction of sp³-hybridized carbons (Fsp3) is 0.923. The lowest BCUT2D eigenvalue weighted by Gasteiger charge is -2.40. The first-order chi connectivity index (χ1) is 8.08. The molecule has 0 aromatic heterocycles. The SMILES string of the molecule is CCC1CCCCN1CC(N)(C(N)=O)C1CC1. The Morgan fingerprint density at radius 2 is 2.06 bits per heavy atom. The van der Waals surface area contributed by atoms with Gasteiger partial charge in [0.25, 0.3) is 0 Å². The van der Waals surface area contributed by atoms with Crippen LogP contribution in [0.2, 0.25) is 0 Å². The lowest BCUT2D eigenvalue weighted by atomic mass is 9.90. The van der Waals surface area contributed by atoms with E-state index in [9.17, 15) is 4.79 Å². The van der Waals surface area contributed by atoms with Crippen LogP contribution in [0, 0.1) is 5.92 Å². The maximum atomic E-state index is 11.6. The van der Waals surface area contributed by atoms with Gasteiger partial charge in [0.05, 0.1) is 0 Å². The van der Waals surface area contributed by atoms with Gasteiger partial charge in [0.2, 0.25) is 5.91 Å². The molecule has 1 aliphatic carbocycles. The fourth-order valence-electron chi connectivity index (χ4n) is 3.07. The second-order valence-corrected chi connectivity index (χ2v) is 5.71. The average Bonchev–Trinajstić information content (AvgIpc) is 3.13. The minimum Gasteiger partial charge on any atom is -0.368 e. The minimum atomic E-state index is -0.787. The topological polar surface area (TPSA) is 72.3 Å². The summed E-state index contributed by atoms with van der Waals surface area (Å²) in [5.74, 6) is -0.000130. The van der Waals surface area contributed by atoms with Crippen molar-refractivity contribution in [2.24, 2.45) is 17.4 Å². The quantitative estimate of drug-likeness (QED) is 0.747. The van der Waals surface area contributed by atoms with Crippen LogP contribution < -0.4 is 11.5 Å². The number of hydrogen-bond donors (Lipinski definition) is 2. The molecule has 2 unspecified atom stereocenters. The Labute approximate surface area is 104 Å². The zero-order valence-electron chi connectivity index (χ0n) is 10.8. The van der Waals surface area contributed by atoms with E-state index < -0.39 is 5.54 Å². The van der Waals surface area contributed by atoms with Crippen molar-refractivity contribution < 1.29 is 4.79 Å². The molecule has 2 fully saturated rings. The molecule has 2 rings (SSSR count). The van der Waals surface area contributed by atoms with Crippen LogP contribution in [0.4, 0.5) is 0 Å². The molecule has 17 heavy (non-hydrogen) atoms. The zero-order chi connectivity index (χ0) is 12.5. The Balaban J connectivity index is 2.03. The highest BCUT2D eigenvalue weighted by Crippen LogP contribution is 2.39. The van der Waals surface area contributed by atoms with Gasteiger partial charge in [-0.15, -0.1) is 0 Å². The summed E-state index contributed by atoms with van der Waals surface area (Å²) in [4.78, 5) is 14.0. The fourth-order valence-corrected chi connectivity index (χ4v) is 3.07. The van der Waals surface area contributed by atoms with Crippen LogP contribution in [0.15, 0.2) is 0 Å². The van der Waals surface area contributed by atoms with Crippen molar-refractivity contribution in [1.29, 1.82) is 0 Å². The number of carbonyl (C=O) groups is 1. The van der Waals surface area contributed by atoms with Gasteiger partial charge in [0.1, 0.15) is 5.54 Å². The van der Waals surface area contributed by atoms with E-state index in [1.165, 1.54) is 19.3 Å². The third-order valence-electron chi connectivity index (χ3n) is 4.45. The second kappa shape index (κ2) is 4.94. The van der Waals surface area contributed by atoms with Crippen LogP contribution in [-0.2, 0) is 4.79 Å². The number of likely N-dealkylation sites (tertiary alicyclic amines) is 1. The first-order valence-electron chi connectivity index (χ1n) is 6.90. The number of primary amides is 1. The number of hydrogen-bond acceptors (Lipinski definition) is 3. The Bertz CT molecular complexity index is 290. The molecule has 4 heteroatoms. The van der Waals surface area contributed by atoms with Crippen LogP contribution in [0.25, 0.3) is 0 Å². The molecule has 98 valence electrons. The molecule has 1 heterocycles. The summed E-state index contributed by atoms with van der Waals surface area (Å²) in [6.07, 6.45) is 7.01. The van der Waals surface area contributed by atoms with Crippen molar-refractivity contribution in [2.75, 3.05) is 13.1 Å². The summed E-state index contributed by atoms with van der Waals surface area (Å²) in [6.45, 7) is 3.94. The maximum Gasteiger partial charge on any atom is 0.239 e. The summed E-state index contributed by atoms with van der Waals surface area (Å²) in [6, 6.07) is 0.588. The summed E-state index contributed by atoms with van der Waals surface area (Å²) < 4.78 is 0. The molecule has 0 aromatic rings. The number of piperidine rings is 1. The first-order valence-corrected chi connectivity index (χ1v) is 6.90. The van der Waals surface area contributed by atoms with Gasteiger partial charge in [-0.2, -0.15) is 0 Å². The van der Waals surface area contributed by atoms with Crippen molar-refractivity contribution in [1.82, 2.24) is 4.90 Å². The number of nitrogens with zero attached hydrogens (tertiary/aromatic N) is 1. The Hall–Kier alpha value is -0.610. The maximum absolute atomic E-state index is 11.6. The van der Waals surface area contributed by atoms with E-state index in [2.05, 4.69) is 11.8 Å². The highest BCUT2D eigenvalue weighted by atomic mass is 16.1. The molecule has 4 nitrogen and oxygen atoms in total. The normalized spacial score (nSPS) is 29.9. The molecule has 1 amide bonds. The van der Waals surface area contributed by atoms with Crippen molar-refractivity contribution in [3.05, 3.63) is 0 Å². The molecular weight excluding hydrogens is 214 g/mol. The Kier molecular flexibility index (Phi) is 3.73. The van der Waals surface area contributed by atoms with E-state index >= 15 is 0 Å². The predicted molar refractivity (Wildman–Crippen MR) is 68.3 cm³/mol. The van der Waals surface area contributed by atoms with E-state index in [0.717, 1.165) is 25.8 Å². The van der Waals surface area contributed by atoms with Gasteiger partial charge < -0.3 is 11.5 Å². The number of carbonyl (C=O) groups excluding carboxylic acids is 1. The van der Waals surface area contributed by atoms with Crippen LogP contribution in [0.5, 0.6) is 0 Å². The lowest BCUT2D eigenvalue weighted by molar-refractivity contribution is -0.125. The lowest BCUT2D eigenvalue weighted by Crippen LogP contribution is -2.62. The molecule has 2 atom stereocenters. The van der Waals surface area contributed by atoms with Crippen molar-refractivity contribution >= 4 is 5.91 Å². The Morgan fingerprint density at radius 1 is 1.35 bits per heavy atom. The molecule has 0 bridgehead atoms. The first kappa shape index (κ1) is 12.8. The molecular formula is C13H25N3O. The largest absolute Gasteiger partial charge is 0.368 e. The summed E-state index contributed by atoms with van der Waals surface area (Å²) in [7, 11) is 0.